The first-order valence-electron chi connectivity index (χ1n) is 9.78. The fourth-order valence-electron chi connectivity index (χ4n) is 2.90. The Morgan fingerprint density at radius 3 is 2.41 bits per heavy atom. The van der Waals surface area contributed by atoms with Gasteiger partial charge in [0, 0.05) is 18.3 Å². The van der Waals surface area contributed by atoms with Crippen LogP contribution in [0.2, 0.25) is 0 Å². The largest absolute Gasteiger partial charge is 0.493 e. The molecular formula is C22H24N4O5S. The van der Waals surface area contributed by atoms with Crippen molar-refractivity contribution in [2.45, 2.75) is 12.1 Å². The Labute approximate surface area is 190 Å². The Morgan fingerprint density at radius 1 is 1.03 bits per heavy atom. The van der Waals surface area contributed by atoms with E-state index in [2.05, 4.69) is 15.5 Å². The van der Waals surface area contributed by atoms with Crippen LogP contribution in [0.4, 0.5) is 5.69 Å². The second-order valence-electron chi connectivity index (χ2n) is 6.57. The second-order valence-corrected chi connectivity index (χ2v) is 7.51. The lowest BCUT2D eigenvalue weighted by molar-refractivity contribution is -0.113. The highest BCUT2D eigenvalue weighted by atomic mass is 32.2. The molecule has 0 saturated carbocycles. The van der Waals surface area contributed by atoms with Gasteiger partial charge in [0.1, 0.15) is 0 Å². The SMILES string of the molecule is CCOC(=O)c1ccc(NC(=O)CSc2nnc(-c3ccc(OC)c(OC)c3)n2C)cc1. The van der Waals surface area contributed by atoms with Crippen LogP contribution in [0.25, 0.3) is 11.4 Å². The van der Waals surface area contributed by atoms with Gasteiger partial charge in [0.15, 0.2) is 22.5 Å². The maximum Gasteiger partial charge on any atom is 0.338 e. The van der Waals surface area contributed by atoms with Gasteiger partial charge in [-0.1, -0.05) is 11.8 Å². The smallest absolute Gasteiger partial charge is 0.338 e. The van der Waals surface area contributed by atoms with Crippen molar-refractivity contribution >= 4 is 29.3 Å². The quantitative estimate of drug-likeness (QED) is 0.386. The summed E-state index contributed by atoms with van der Waals surface area (Å²) in [7, 11) is 4.98. The van der Waals surface area contributed by atoms with Crippen LogP contribution in [0.5, 0.6) is 11.5 Å². The maximum absolute atomic E-state index is 12.3. The number of carbonyl (C=O) groups is 2. The van der Waals surface area contributed by atoms with E-state index >= 15 is 0 Å². The molecule has 1 N–H and O–H groups in total. The molecule has 0 radical (unpaired) electrons. The van der Waals surface area contributed by atoms with E-state index in [4.69, 9.17) is 14.2 Å². The summed E-state index contributed by atoms with van der Waals surface area (Å²) in [6.45, 7) is 2.06. The van der Waals surface area contributed by atoms with Crippen molar-refractivity contribution < 1.29 is 23.8 Å². The number of rotatable bonds is 9. The van der Waals surface area contributed by atoms with Crippen LogP contribution in [0.15, 0.2) is 47.6 Å². The highest BCUT2D eigenvalue weighted by Gasteiger charge is 2.15. The summed E-state index contributed by atoms with van der Waals surface area (Å²) in [5.41, 5.74) is 1.84. The van der Waals surface area contributed by atoms with Crippen molar-refractivity contribution in [2.24, 2.45) is 7.05 Å². The maximum atomic E-state index is 12.3. The number of aromatic nitrogens is 3. The summed E-state index contributed by atoms with van der Waals surface area (Å²) in [5.74, 6) is 1.42. The third-order valence-corrected chi connectivity index (χ3v) is 5.51. The monoisotopic (exact) mass is 456 g/mol. The molecule has 0 fully saturated rings. The molecule has 0 bridgehead atoms. The third-order valence-electron chi connectivity index (χ3n) is 4.49. The molecule has 32 heavy (non-hydrogen) atoms. The lowest BCUT2D eigenvalue weighted by Crippen LogP contribution is -2.14. The first-order valence-corrected chi connectivity index (χ1v) is 10.8. The van der Waals surface area contributed by atoms with E-state index in [-0.39, 0.29) is 11.7 Å². The molecule has 3 rings (SSSR count). The van der Waals surface area contributed by atoms with Gasteiger partial charge in [-0.15, -0.1) is 10.2 Å². The highest BCUT2D eigenvalue weighted by Crippen LogP contribution is 2.32. The van der Waals surface area contributed by atoms with E-state index < -0.39 is 5.97 Å². The summed E-state index contributed by atoms with van der Waals surface area (Å²) in [6.07, 6.45) is 0. The number of thioether (sulfide) groups is 1. The molecular weight excluding hydrogens is 432 g/mol. The Hall–Kier alpha value is -3.53. The molecule has 3 aromatic rings. The first kappa shape index (κ1) is 23.1. The number of nitrogens with one attached hydrogen (secondary N) is 1. The average Bonchev–Trinajstić information content (AvgIpc) is 3.18. The van der Waals surface area contributed by atoms with E-state index in [0.717, 1.165) is 5.56 Å². The molecule has 0 aliphatic heterocycles. The van der Waals surface area contributed by atoms with E-state index in [1.165, 1.54) is 11.8 Å². The minimum absolute atomic E-state index is 0.150. The Balaban J connectivity index is 1.61. The average molecular weight is 457 g/mol. The van der Waals surface area contributed by atoms with Crippen LogP contribution in [-0.2, 0) is 16.6 Å². The number of hydrogen-bond acceptors (Lipinski definition) is 8. The van der Waals surface area contributed by atoms with Gasteiger partial charge in [-0.25, -0.2) is 4.79 Å². The molecule has 0 aliphatic rings. The van der Waals surface area contributed by atoms with E-state index in [1.807, 2.05) is 23.7 Å². The zero-order valence-electron chi connectivity index (χ0n) is 18.2. The zero-order valence-corrected chi connectivity index (χ0v) is 19.1. The Kier molecular flexibility index (Phi) is 7.72. The van der Waals surface area contributed by atoms with Crippen LogP contribution < -0.4 is 14.8 Å². The van der Waals surface area contributed by atoms with Crippen LogP contribution in [-0.4, -0.2) is 53.2 Å². The molecule has 9 nitrogen and oxygen atoms in total. The number of carbonyl (C=O) groups excluding carboxylic acids is 2. The van der Waals surface area contributed by atoms with Gasteiger partial charge in [0.25, 0.3) is 0 Å². The van der Waals surface area contributed by atoms with Crippen molar-refractivity contribution in [3.8, 4) is 22.9 Å². The first-order chi connectivity index (χ1) is 15.5. The zero-order chi connectivity index (χ0) is 23.1. The number of ether oxygens (including phenoxy) is 3. The van der Waals surface area contributed by atoms with E-state index in [1.54, 1.807) is 51.5 Å². The van der Waals surface area contributed by atoms with Gasteiger partial charge >= 0.3 is 5.97 Å². The van der Waals surface area contributed by atoms with Crippen LogP contribution in [0.1, 0.15) is 17.3 Å². The molecule has 0 spiro atoms. The van der Waals surface area contributed by atoms with Gasteiger partial charge in [0.05, 0.1) is 32.1 Å². The lowest BCUT2D eigenvalue weighted by atomic mass is 10.2. The predicted molar refractivity (Wildman–Crippen MR) is 121 cm³/mol. The standard InChI is InChI=1S/C22H24N4O5S/c1-5-31-21(28)14-6-9-16(10-7-14)23-19(27)13-32-22-25-24-20(26(22)2)15-8-11-17(29-3)18(12-15)30-4/h6-12H,5,13H2,1-4H3,(H,23,27). The fraction of sp³-hybridized carbons (Fsp3) is 0.273. The van der Waals surface area contributed by atoms with Crippen molar-refractivity contribution in [2.75, 3.05) is 31.9 Å². The van der Waals surface area contributed by atoms with Crippen LogP contribution in [0.3, 0.4) is 0 Å². The number of methoxy groups -OCH3 is 2. The summed E-state index contributed by atoms with van der Waals surface area (Å²) >= 11 is 1.27. The van der Waals surface area contributed by atoms with Crippen molar-refractivity contribution in [3.63, 3.8) is 0 Å². The number of amides is 1. The van der Waals surface area contributed by atoms with Gasteiger partial charge in [-0.3, -0.25) is 4.79 Å². The molecule has 0 unspecified atom stereocenters. The summed E-state index contributed by atoms with van der Waals surface area (Å²) in [6, 6.07) is 12.0. The normalized spacial score (nSPS) is 10.5. The lowest BCUT2D eigenvalue weighted by Gasteiger charge is -2.09. The minimum atomic E-state index is -0.395. The Bertz CT molecular complexity index is 1100. The summed E-state index contributed by atoms with van der Waals surface area (Å²) < 4.78 is 17.4. The number of esters is 1. The molecule has 0 aliphatic carbocycles. The summed E-state index contributed by atoms with van der Waals surface area (Å²) in [5, 5.41) is 11.8. The van der Waals surface area contributed by atoms with Crippen molar-refractivity contribution in [1.29, 1.82) is 0 Å². The number of hydrogen-bond donors (Lipinski definition) is 1. The van der Waals surface area contributed by atoms with Gasteiger partial charge in [0.2, 0.25) is 5.91 Å². The Morgan fingerprint density at radius 2 is 1.75 bits per heavy atom. The molecule has 10 heteroatoms. The molecule has 0 atom stereocenters. The number of nitrogens with zero attached hydrogens (tertiary/aromatic N) is 3. The highest BCUT2D eigenvalue weighted by molar-refractivity contribution is 7.99. The third kappa shape index (κ3) is 5.38. The van der Waals surface area contributed by atoms with Gasteiger partial charge in [-0.2, -0.15) is 0 Å². The van der Waals surface area contributed by atoms with E-state index in [9.17, 15) is 9.59 Å². The van der Waals surface area contributed by atoms with Gasteiger partial charge in [-0.05, 0) is 49.4 Å². The minimum Gasteiger partial charge on any atom is -0.493 e. The summed E-state index contributed by atoms with van der Waals surface area (Å²) in [4.78, 5) is 24.0. The second kappa shape index (κ2) is 10.7. The fourth-order valence-corrected chi connectivity index (χ4v) is 3.61. The molecule has 2 aromatic carbocycles. The van der Waals surface area contributed by atoms with Crippen molar-refractivity contribution in [1.82, 2.24) is 14.8 Å². The van der Waals surface area contributed by atoms with Crippen LogP contribution >= 0.6 is 11.8 Å². The predicted octanol–water partition coefficient (Wildman–Crippen LogP) is 3.41. The molecule has 0 saturated heterocycles. The molecule has 1 amide bonds. The number of benzene rings is 2. The van der Waals surface area contributed by atoms with Gasteiger partial charge < -0.3 is 24.1 Å². The molecule has 1 heterocycles. The number of anilines is 1. The molecule has 168 valence electrons. The van der Waals surface area contributed by atoms with Crippen molar-refractivity contribution in [3.05, 3.63) is 48.0 Å². The van der Waals surface area contributed by atoms with E-state index in [0.29, 0.717) is 40.3 Å². The molecule has 1 aromatic heterocycles. The topological polar surface area (TPSA) is 105 Å². The van der Waals surface area contributed by atoms with Crippen LogP contribution in [0, 0.1) is 0 Å².